The van der Waals surface area contributed by atoms with Crippen LogP contribution in [0.2, 0.25) is 0 Å². The SMILES string of the molecule is CC(C)N(CC(=O)NC(=O)NC(C)(C)C)CC1CCCN1. The molecule has 0 aromatic heterocycles. The van der Waals surface area contributed by atoms with E-state index in [1.54, 1.807) is 0 Å². The van der Waals surface area contributed by atoms with Crippen LogP contribution in [-0.2, 0) is 4.79 Å². The fourth-order valence-corrected chi connectivity index (χ4v) is 2.38. The van der Waals surface area contributed by atoms with Gasteiger partial charge >= 0.3 is 6.03 Å². The van der Waals surface area contributed by atoms with E-state index in [9.17, 15) is 9.59 Å². The summed E-state index contributed by atoms with van der Waals surface area (Å²) in [5.74, 6) is -0.261. The first-order chi connectivity index (χ1) is 9.67. The number of carbonyl (C=O) groups excluding carboxylic acids is 2. The van der Waals surface area contributed by atoms with E-state index in [2.05, 4.69) is 34.7 Å². The van der Waals surface area contributed by atoms with Gasteiger partial charge in [0, 0.05) is 24.2 Å². The minimum atomic E-state index is -0.435. The summed E-state index contributed by atoms with van der Waals surface area (Å²) in [6.07, 6.45) is 2.34. The van der Waals surface area contributed by atoms with Gasteiger partial charge in [-0.15, -0.1) is 0 Å². The van der Waals surface area contributed by atoms with Crippen LogP contribution in [0.1, 0.15) is 47.5 Å². The van der Waals surface area contributed by atoms with E-state index >= 15 is 0 Å². The summed E-state index contributed by atoms with van der Waals surface area (Å²) < 4.78 is 0. The van der Waals surface area contributed by atoms with Crippen LogP contribution in [-0.4, -0.2) is 54.1 Å². The van der Waals surface area contributed by atoms with Gasteiger partial charge in [-0.1, -0.05) is 0 Å². The van der Waals surface area contributed by atoms with E-state index in [-0.39, 0.29) is 24.0 Å². The fourth-order valence-electron chi connectivity index (χ4n) is 2.38. The molecule has 1 atom stereocenters. The number of nitrogens with one attached hydrogen (secondary N) is 3. The highest BCUT2D eigenvalue weighted by atomic mass is 16.2. The van der Waals surface area contributed by atoms with Gasteiger partial charge in [0.25, 0.3) is 0 Å². The maximum absolute atomic E-state index is 12.0. The first kappa shape index (κ1) is 17.9. The second kappa shape index (κ2) is 7.75. The predicted molar refractivity (Wildman–Crippen MR) is 84.2 cm³/mol. The van der Waals surface area contributed by atoms with Crippen molar-refractivity contribution in [3.8, 4) is 0 Å². The van der Waals surface area contributed by atoms with Crippen LogP contribution in [0.3, 0.4) is 0 Å². The highest BCUT2D eigenvalue weighted by Gasteiger charge is 2.22. The molecule has 6 nitrogen and oxygen atoms in total. The molecule has 6 heteroatoms. The van der Waals surface area contributed by atoms with Crippen molar-refractivity contribution in [3.63, 3.8) is 0 Å². The monoisotopic (exact) mass is 298 g/mol. The lowest BCUT2D eigenvalue weighted by molar-refractivity contribution is -0.121. The molecule has 0 aromatic rings. The maximum Gasteiger partial charge on any atom is 0.321 e. The molecule has 1 unspecified atom stereocenters. The molecular weight excluding hydrogens is 268 g/mol. The van der Waals surface area contributed by atoms with Gasteiger partial charge in [0.15, 0.2) is 0 Å². The molecule has 1 aliphatic rings. The topological polar surface area (TPSA) is 73.5 Å². The third-order valence-corrected chi connectivity index (χ3v) is 3.44. The first-order valence-corrected chi connectivity index (χ1v) is 7.77. The lowest BCUT2D eigenvalue weighted by Crippen LogP contribution is -2.52. The molecule has 122 valence electrons. The molecule has 1 fully saturated rings. The molecule has 0 saturated carbocycles. The molecule has 3 N–H and O–H groups in total. The van der Waals surface area contributed by atoms with Crippen LogP contribution in [0, 0.1) is 0 Å². The van der Waals surface area contributed by atoms with E-state index < -0.39 is 6.03 Å². The van der Waals surface area contributed by atoms with E-state index in [0.29, 0.717) is 6.04 Å². The fraction of sp³-hybridized carbons (Fsp3) is 0.867. The summed E-state index contributed by atoms with van der Waals surface area (Å²) >= 11 is 0. The molecule has 1 rings (SSSR count). The molecule has 0 radical (unpaired) electrons. The average molecular weight is 298 g/mol. The molecule has 0 aliphatic carbocycles. The standard InChI is InChI=1S/C15H30N4O2/c1-11(2)19(9-12-7-6-8-16-12)10-13(20)17-14(21)18-15(3,4)5/h11-12,16H,6-10H2,1-5H3,(H2,17,18,20,21). The second-order valence-electron chi connectivity index (χ2n) is 7.07. The Labute approximate surface area is 128 Å². The number of rotatable bonds is 5. The number of carbonyl (C=O) groups is 2. The quantitative estimate of drug-likeness (QED) is 0.710. The lowest BCUT2D eigenvalue weighted by atomic mass is 10.1. The summed E-state index contributed by atoms with van der Waals surface area (Å²) in [4.78, 5) is 25.8. The van der Waals surface area contributed by atoms with Gasteiger partial charge < -0.3 is 10.6 Å². The number of urea groups is 1. The molecule has 1 heterocycles. The van der Waals surface area contributed by atoms with Gasteiger partial charge in [-0.3, -0.25) is 15.0 Å². The molecule has 3 amide bonds. The number of hydrogen-bond donors (Lipinski definition) is 3. The number of hydrogen-bond acceptors (Lipinski definition) is 4. The van der Waals surface area contributed by atoms with Gasteiger partial charge in [0.1, 0.15) is 0 Å². The third-order valence-electron chi connectivity index (χ3n) is 3.44. The van der Waals surface area contributed by atoms with Crippen molar-refractivity contribution in [2.24, 2.45) is 0 Å². The van der Waals surface area contributed by atoms with E-state index in [4.69, 9.17) is 0 Å². The normalized spacial score (nSPS) is 19.1. The van der Waals surface area contributed by atoms with Crippen LogP contribution in [0.15, 0.2) is 0 Å². The minimum absolute atomic E-state index is 0.243. The predicted octanol–water partition coefficient (Wildman–Crippen LogP) is 1.07. The smallest absolute Gasteiger partial charge is 0.321 e. The molecule has 0 bridgehead atoms. The molecule has 0 spiro atoms. The van der Waals surface area contributed by atoms with Gasteiger partial charge in [-0.05, 0) is 54.0 Å². The highest BCUT2D eigenvalue weighted by Crippen LogP contribution is 2.09. The average Bonchev–Trinajstić information content (AvgIpc) is 2.77. The minimum Gasteiger partial charge on any atom is -0.333 e. The number of amides is 3. The Morgan fingerprint density at radius 2 is 2.00 bits per heavy atom. The lowest BCUT2D eigenvalue weighted by Gasteiger charge is -2.28. The Morgan fingerprint density at radius 1 is 1.33 bits per heavy atom. The second-order valence-corrected chi connectivity index (χ2v) is 7.07. The highest BCUT2D eigenvalue weighted by molar-refractivity contribution is 5.95. The summed E-state index contributed by atoms with van der Waals surface area (Å²) in [6.45, 7) is 11.9. The zero-order valence-corrected chi connectivity index (χ0v) is 14.0. The van der Waals surface area contributed by atoms with E-state index in [1.807, 2.05) is 20.8 Å². The molecule has 21 heavy (non-hydrogen) atoms. The van der Waals surface area contributed by atoms with Crippen LogP contribution < -0.4 is 16.0 Å². The zero-order valence-electron chi connectivity index (χ0n) is 14.0. The van der Waals surface area contributed by atoms with Crippen LogP contribution >= 0.6 is 0 Å². The first-order valence-electron chi connectivity index (χ1n) is 7.77. The largest absolute Gasteiger partial charge is 0.333 e. The van der Waals surface area contributed by atoms with Crippen LogP contribution in [0.5, 0.6) is 0 Å². The Morgan fingerprint density at radius 3 is 2.48 bits per heavy atom. The van der Waals surface area contributed by atoms with Crippen molar-refractivity contribution in [2.45, 2.75) is 65.1 Å². The van der Waals surface area contributed by atoms with Crippen molar-refractivity contribution < 1.29 is 9.59 Å². The van der Waals surface area contributed by atoms with E-state index in [0.717, 1.165) is 19.5 Å². The Balaban J connectivity index is 2.43. The van der Waals surface area contributed by atoms with Crippen molar-refractivity contribution in [2.75, 3.05) is 19.6 Å². The Bertz CT molecular complexity index is 357. The van der Waals surface area contributed by atoms with Crippen molar-refractivity contribution in [1.82, 2.24) is 20.9 Å². The van der Waals surface area contributed by atoms with Gasteiger partial charge in [-0.25, -0.2) is 4.79 Å². The zero-order chi connectivity index (χ0) is 16.0. The summed E-state index contributed by atoms with van der Waals surface area (Å²) in [5, 5.41) is 8.55. The number of imide groups is 1. The maximum atomic E-state index is 12.0. The molecule has 1 aliphatic heterocycles. The number of nitrogens with zero attached hydrogens (tertiary/aromatic N) is 1. The molecular formula is C15H30N4O2. The van der Waals surface area contributed by atoms with E-state index in [1.165, 1.54) is 6.42 Å². The Hall–Kier alpha value is -1.14. The Kier molecular flexibility index (Phi) is 6.61. The van der Waals surface area contributed by atoms with Crippen LogP contribution in [0.4, 0.5) is 4.79 Å². The van der Waals surface area contributed by atoms with Gasteiger partial charge in [0.05, 0.1) is 6.54 Å². The molecule has 0 aromatic carbocycles. The summed E-state index contributed by atoms with van der Waals surface area (Å²) in [5.41, 5.74) is -0.351. The molecule has 1 saturated heterocycles. The third kappa shape index (κ3) is 7.43. The van der Waals surface area contributed by atoms with Gasteiger partial charge in [0.2, 0.25) is 5.91 Å². The summed E-state index contributed by atoms with van der Waals surface area (Å²) in [6, 6.07) is 0.280. The van der Waals surface area contributed by atoms with Crippen LogP contribution in [0.25, 0.3) is 0 Å². The van der Waals surface area contributed by atoms with Crippen molar-refractivity contribution in [3.05, 3.63) is 0 Å². The van der Waals surface area contributed by atoms with Crippen molar-refractivity contribution >= 4 is 11.9 Å². The van der Waals surface area contributed by atoms with Crippen molar-refractivity contribution in [1.29, 1.82) is 0 Å². The summed E-state index contributed by atoms with van der Waals surface area (Å²) in [7, 11) is 0. The van der Waals surface area contributed by atoms with Gasteiger partial charge in [-0.2, -0.15) is 0 Å².